The van der Waals surface area contributed by atoms with Gasteiger partial charge in [-0.1, -0.05) is 47.5 Å². The van der Waals surface area contributed by atoms with Gasteiger partial charge in [-0.05, 0) is 36.3 Å². The number of rotatable bonds is 3. The first-order chi connectivity index (χ1) is 13.4. The molecule has 2 aromatic carbocycles. The number of amides is 1. The largest absolute Gasteiger partial charge is 0.480 e. The lowest BCUT2D eigenvalue weighted by atomic mass is 9.90. The van der Waals surface area contributed by atoms with Gasteiger partial charge in [-0.2, -0.15) is 0 Å². The molecule has 0 bridgehead atoms. The van der Waals surface area contributed by atoms with Crippen LogP contribution in [-0.2, 0) is 9.59 Å². The van der Waals surface area contributed by atoms with Crippen molar-refractivity contribution >= 4 is 46.4 Å². The lowest BCUT2D eigenvalue weighted by Gasteiger charge is -2.23. The number of carboxylic acid groups (broad SMARTS) is 1. The number of hydrogen-bond donors (Lipinski definition) is 1. The van der Waals surface area contributed by atoms with Crippen molar-refractivity contribution in [3.63, 3.8) is 0 Å². The molecule has 7 heteroatoms. The summed E-state index contributed by atoms with van der Waals surface area (Å²) in [5.41, 5.74) is 4.34. The highest BCUT2D eigenvalue weighted by molar-refractivity contribution is 6.36. The molecule has 0 fully saturated rings. The Morgan fingerprint density at radius 3 is 2.64 bits per heavy atom. The predicted octanol–water partition coefficient (Wildman–Crippen LogP) is 3.91. The number of aliphatic carboxylic acids is 1. The number of aliphatic imine (C=N–C) groups is 1. The van der Waals surface area contributed by atoms with Gasteiger partial charge in [0.15, 0.2) is 0 Å². The number of nitrogens with zero attached hydrogens (tertiary/aromatic N) is 2. The predicted molar refractivity (Wildman–Crippen MR) is 109 cm³/mol. The van der Waals surface area contributed by atoms with E-state index in [9.17, 15) is 14.7 Å². The molecule has 0 aromatic heterocycles. The molecule has 5 nitrogen and oxygen atoms in total. The minimum atomic E-state index is -1.05. The van der Waals surface area contributed by atoms with Crippen LogP contribution in [0, 0.1) is 0 Å². The van der Waals surface area contributed by atoms with Gasteiger partial charge in [0.25, 0.3) is 5.91 Å². The summed E-state index contributed by atoms with van der Waals surface area (Å²) in [4.78, 5) is 30.2. The molecule has 1 unspecified atom stereocenters. The molecule has 142 valence electrons. The van der Waals surface area contributed by atoms with E-state index in [1.165, 1.54) is 4.90 Å². The fraction of sp³-hybridized carbons (Fsp3) is 0.190. The van der Waals surface area contributed by atoms with Crippen molar-refractivity contribution in [2.75, 3.05) is 13.1 Å². The molecule has 0 saturated heterocycles. The van der Waals surface area contributed by atoms with Crippen LogP contribution < -0.4 is 0 Å². The minimum Gasteiger partial charge on any atom is -0.480 e. The van der Waals surface area contributed by atoms with Crippen molar-refractivity contribution in [2.24, 2.45) is 4.99 Å². The van der Waals surface area contributed by atoms with Gasteiger partial charge in [0.1, 0.15) is 6.54 Å². The van der Waals surface area contributed by atoms with Crippen molar-refractivity contribution in [1.82, 2.24) is 4.90 Å². The molecule has 0 radical (unpaired) electrons. The molecule has 1 N–H and O–H groups in total. The average Bonchev–Trinajstić information content (AvgIpc) is 2.80. The van der Waals surface area contributed by atoms with E-state index in [-0.39, 0.29) is 25.0 Å². The second-order valence-electron chi connectivity index (χ2n) is 6.73. The van der Waals surface area contributed by atoms with Gasteiger partial charge >= 0.3 is 5.97 Å². The third kappa shape index (κ3) is 3.01. The Bertz CT molecular complexity index is 1080. The Balaban J connectivity index is 1.90. The van der Waals surface area contributed by atoms with Crippen LogP contribution in [0.25, 0.3) is 5.57 Å². The molecule has 2 aliphatic rings. The van der Waals surface area contributed by atoms with Crippen LogP contribution in [0.4, 0.5) is 0 Å². The highest BCUT2D eigenvalue weighted by Gasteiger charge is 2.40. The third-order valence-electron chi connectivity index (χ3n) is 5.09. The molecule has 2 aromatic rings. The van der Waals surface area contributed by atoms with Gasteiger partial charge in [-0.25, -0.2) is 0 Å². The third-order valence-corrected chi connectivity index (χ3v) is 5.65. The SMILES string of the molecule is CC1C2=C(CN=C(c3ccccc3Cl)c3cc(Cl)ccc32)C(=O)N1CC(=O)O. The maximum atomic E-state index is 12.9. The van der Waals surface area contributed by atoms with Gasteiger partial charge in [0.05, 0.1) is 18.3 Å². The van der Waals surface area contributed by atoms with E-state index >= 15 is 0 Å². The van der Waals surface area contributed by atoms with Crippen LogP contribution in [0.15, 0.2) is 53.0 Å². The maximum absolute atomic E-state index is 12.9. The van der Waals surface area contributed by atoms with Gasteiger partial charge in [-0.15, -0.1) is 0 Å². The van der Waals surface area contributed by atoms with Crippen molar-refractivity contribution < 1.29 is 14.7 Å². The summed E-state index contributed by atoms with van der Waals surface area (Å²) in [7, 11) is 0. The summed E-state index contributed by atoms with van der Waals surface area (Å²) in [5, 5.41) is 10.3. The fourth-order valence-corrected chi connectivity index (χ4v) is 4.24. The van der Waals surface area contributed by atoms with Crippen LogP contribution in [0.3, 0.4) is 0 Å². The Morgan fingerprint density at radius 2 is 1.93 bits per heavy atom. The molecular weight excluding hydrogens is 399 g/mol. The van der Waals surface area contributed by atoms with Gasteiger partial charge in [-0.3, -0.25) is 14.6 Å². The molecular formula is C21H16Cl2N2O3. The second-order valence-corrected chi connectivity index (χ2v) is 7.57. The number of benzene rings is 2. The lowest BCUT2D eigenvalue weighted by molar-refractivity contribution is -0.143. The molecule has 2 aliphatic heterocycles. The Labute approximate surface area is 171 Å². The first-order valence-corrected chi connectivity index (χ1v) is 9.49. The first kappa shape index (κ1) is 18.7. The normalized spacial score (nSPS) is 18.5. The smallest absolute Gasteiger partial charge is 0.323 e. The summed E-state index contributed by atoms with van der Waals surface area (Å²) >= 11 is 12.7. The van der Waals surface area contributed by atoms with Crippen molar-refractivity contribution in [3.05, 3.63) is 74.8 Å². The zero-order chi connectivity index (χ0) is 20.0. The van der Waals surface area contributed by atoms with Crippen molar-refractivity contribution in [2.45, 2.75) is 13.0 Å². The number of halogens is 2. The Kier molecular flexibility index (Phi) is 4.73. The van der Waals surface area contributed by atoms with E-state index in [1.54, 1.807) is 12.1 Å². The van der Waals surface area contributed by atoms with E-state index in [4.69, 9.17) is 28.2 Å². The van der Waals surface area contributed by atoms with Gasteiger partial charge in [0.2, 0.25) is 0 Å². The zero-order valence-electron chi connectivity index (χ0n) is 14.9. The monoisotopic (exact) mass is 414 g/mol. The first-order valence-electron chi connectivity index (χ1n) is 8.74. The Hall–Kier alpha value is -2.63. The highest BCUT2D eigenvalue weighted by atomic mass is 35.5. The number of fused-ring (bicyclic) bond motifs is 2. The maximum Gasteiger partial charge on any atom is 0.323 e. The zero-order valence-corrected chi connectivity index (χ0v) is 16.5. The highest BCUT2D eigenvalue weighted by Crippen LogP contribution is 2.39. The Morgan fingerprint density at radius 1 is 1.18 bits per heavy atom. The van der Waals surface area contributed by atoms with Crippen molar-refractivity contribution in [3.8, 4) is 0 Å². The molecule has 2 heterocycles. The van der Waals surface area contributed by atoms with Crippen LogP contribution in [0.1, 0.15) is 23.6 Å². The van der Waals surface area contributed by atoms with E-state index < -0.39 is 5.97 Å². The van der Waals surface area contributed by atoms with Crippen LogP contribution >= 0.6 is 23.2 Å². The molecule has 0 spiro atoms. The number of hydrogen-bond acceptors (Lipinski definition) is 3. The van der Waals surface area contributed by atoms with E-state index in [0.717, 1.165) is 22.3 Å². The number of carboxylic acids is 1. The van der Waals surface area contributed by atoms with Crippen LogP contribution in [0.2, 0.25) is 10.0 Å². The number of carbonyl (C=O) groups is 2. The summed E-state index contributed by atoms with van der Waals surface area (Å²) < 4.78 is 0. The summed E-state index contributed by atoms with van der Waals surface area (Å²) in [6, 6.07) is 12.4. The van der Waals surface area contributed by atoms with Gasteiger partial charge in [0, 0.05) is 26.7 Å². The molecule has 4 rings (SSSR count). The minimum absolute atomic E-state index is 0.154. The van der Waals surface area contributed by atoms with E-state index in [1.807, 2.05) is 37.3 Å². The second kappa shape index (κ2) is 7.08. The standard InChI is InChI=1S/C21H16Cl2N2O3/c1-11-19-13-7-6-12(22)8-15(13)20(14-4-2-3-5-17(14)23)24-9-16(19)21(28)25(11)10-18(26)27/h2-8,11H,9-10H2,1H3,(H,26,27). The van der Waals surface area contributed by atoms with Crippen LogP contribution in [0.5, 0.6) is 0 Å². The molecule has 0 saturated carbocycles. The molecule has 28 heavy (non-hydrogen) atoms. The fourth-order valence-electron chi connectivity index (χ4n) is 3.84. The molecule has 0 aliphatic carbocycles. The van der Waals surface area contributed by atoms with E-state index in [2.05, 4.69) is 0 Å². The molecule has 1 atom stereocenters. The topological polar surface area (TPSA) is 70.0 Å². The summed E-state index contributed by atoms with van der Waals surface area (Å²) in [5.74, 6) is -1.34. The van der Waals surface area contributed by atoms with Crippen LogP contribution in [-0.4, -0.2) is 46.7 Å². The lowest BCUT2D eigenvalue weighted by Crippen LogP contribution is -2.38. The van der Waals surface area contributed by atoms with Crippen molar-refractivity contribution in [1.29, 1.82) is 0 Å². The van der Waals surface area contributed by atoms with Gasteiger partial charge < -0.3 is 10.0 Å². The quantitative estimate of drug-likeness (QED) is 0.827. The molecule has 1 amide bonds. The van der Waals surface area contributed by atoms with E-state index in [0.29, 0.717) is 21.3 Å². The average molecular weight is 415 g/mol. The summed E-state index contributed by atoms with van der Waals surface area (Å²) in [6.45, 7) is 1.64. The summed E-state index contributed by atoms with van der Waals surface area (Å²) in [6.07, 6.45) is 0. The number of carbonyl (C=O) groups excluding carboxylic acids is 1.